The number of primary amides is 1. The maximum atomic E-state index is 13.0. The Balaban J connectivity index is 1.45. The van der Waals surface area contributed by atoms with Gasteiger partial charge >= 0.3 is 0 Å². The van der Waals surface area contributed by atoms with Crippen molar-refractivity contribution in [2.24, 2.45) is 5.73 Å². The largest absolute Gasteiger partial charge is 0.366 e. The molecule has 0 aliphatic heterocycles. The minimum atomic E-state index is -0.427. The first kappa shape index (κ1) is 17.8. The van der Waals surface area contributed by atoms with Gasteiger partial charge in [0.15, 0.2) is 0 Å². The quantitative estimate of drug-likeness (QED) is 0.856. The van der Waals surface area contributed by atoms with Crippen molar-refractivity contribution in [3.8, 4) is 0 Å². The molecule has 0 aromatic heterocycles. The van der Waals surface area contributed by atoms with Crippen molar-refractivity contribution in [2.75, 3.05) is 0 Å². The van der Waals surface area contributed by atoms with Gasteiger partial charge in [0.05, 0.1) is 6.42 Å². The molecule has 140 valence electrons. The molecule has 2 aromatic carbocycles. The van der Waals surface area contributed by atoms with Crippen molar-refractivity contribution < 1.29 is 9.59 Å². The summed E-state index contributed by atoms with van der Waals surface area (Å²) in [5.74, 6) is -0.240. The van der Waals surface area contributed by atoms with Gasteiger partial charge in [0, 0.05) is 18.2 Å². The van der Waals surface area contributed by atoms with Gasteiger partial charge in [-0.3, -0.25) is 9.59 Å². The van der Waals surface area contributed by atoms with E-state index < -0.39 is 5.91 Å². The SMILES string of the molecule is NC(=O)c1ccc(CN(C(=O)Cc2ccc3c(c2)CCCC3)C2CC2)cc1. The highest BCUT2D eigenvalue weighted by Crippen LogP contribution is 2.29. The Hall–Kier alpha value is -2.62. The molecule has 2 N–H and O–H groups in total. The maximum absolute atomic E-state index is 13.0. The zero-order chi connectivity index (χ0) is 18.8. The van der Waals surface area contributed by atoms with Crippen LogP contribution in [0.5, 0.6) is 0 Å². The Morgan fingerprint density at radius 3 is 2.26 bits per heavy atom. The number of fused-ring (bicyclic) bond motifs is 1. The summed E-state index contributed by atoms with van der Waals surface area (Å²) in [6.45, 7) is 0.591. The van der Waals surface area contributed by atoms with Crippen LogP contribution in [0.1, 0.15) is 58.3 Å². The highest BCUT2D eigenvalue weighted by atomic mass is 16.2. The highest BCUT2D eigenvalue weighted by molar-refractivity contribution is 5.92. The van der Waals surface area contributed by atoms with Crippen LogP contribution in [0.25, 0.3) is 0 Å². The van der Waals surface area contributed by atoms with E-state index in [0.29, 0.717) is 24.6 Å². The van der Waals surface area contributed by atoms with Crippen molar-refractivity contribution >= 4 is 11.8 Å². The summed E-state index contributed by atoms with van der Waals surface area (Å²) in [4.78, 5) is 26.2. The number of nitrogens with two attached hydrogens (primary N) is 1. The van der Waals surface area contributed by atoms with Gasteiger partial charge in [-0.15, -0.1) is 0 Å². The van der Waals surface area contributed by atoms with Crippen molar-refractivity contribution in [1.82, 2.24) is 4.90 Å². The van der Waals surface area contributed by atoms with Crippen LogP contribution in [0.3, 0.4) is 0 Å². The van der Waals surface area contributed by atoms with Crippen LogP contribution >= 0.6 is 0 Å². The first-order chi connectivity index (χ1) is 13.1. The molecule has 27 heavy (non-hydrogen) atoms. The Morgan fingerprint density at radius 2 is 1.59 bits per heavy atom. The fourth-order valence-electron chi connectivity index (χ4n) is 3.95. The molecular formula is C23H26N2O2. The molecule has 1 fully saturated rings. The second kappa shape index (κ2) is 7.55. The lowest BCUT2D eigenvalue weighted by Gasteiger charge is -2.23. The molecular weight excluding hydrogens is 336 g/mol. The van der Waals surface area contributed by atoms with Crippen molar-refractivity contribution in [3.63, 3.8) is 0 Å². The van der Waals surface area contributed by atoms with Crippen molar-refractivity contribution in [3.05, 3.63) is 70.3 Å². The van der Waals surface area contributed by atoms with Crippen LogP contribution in [-0.2, 0) is 30.6 Å². The molecule has 0 saturated heterocycles. The molecule has 4 heteroatoms. The molecule has 0 spiro atoms. The Kier molecular flexibility index (Phi) is 4.97. The van der Waals surface area contributed by atoms with Crippen LogP contribution in [0.4, 0.5) is 0 Å². The second-order valence-corrected chi connectivity index (χ2v) is 7.80. The summed E-state index contributed by atoms with van der Waals surface area (Å²) in [6.07, 6.45) is 7.44. The van der Waals surface area contributed by atoms with Crippen LogP contribution in [-0.4, -0.2) is 22.8 Å². The summed E-state index contributed by atoms with van der Waals surface area (Å²) in [5.41, 5.74) is 10.8. The van der Waals surface area contributed by atoms with Gasteiger partial charge in [-0.05, 0) is 72.9 Å². The fraction of sp³-hybridized carbons (Fsp3) is 0.391. The van der Waals surface area contributed by atoms with Gasteiger partial charge in [-0.25, -0.2) is 0 Å². The van der Waals surface area contributed by atoms with E-state index in [2.05, 4.69) is 18.2 Å². The van der Waals surface area contributed by atoms with Crippen molar-refractivity contribution in [1.29, 1.82) is 0 Å². The van der Waals surface area contributed by atoms with E-state index in [1.807, 2.05) is 17.0 Å². The Labute approximate surface area is 160 Å². The summed E-state index contributed by atoms with van der Waals surface area (Å²) < 4.78 is 0. The molecule has 0 radical (unpaired) electrons. The smallest absolute Gasteiger partial charge is 0.248 e. The van der Waals surface area contributed by atoms with E-state index in [9.17, 15) is 9.59 Å². The molecule has 0 heterocycles. The number of hydrogen-bond acceptors (Lipinski definition) is 2. The molecule has 4 nitrogen and oxygen atoms in total. The van der Waals surface area contributed by atoms with Gasteiger partial charge < -0.3 is 10.6 Å². The second-order valence-electron chi connectivity index (χ2n) is 7.80. The predicted octanol–water partition coefficient (Wildman–Crippen LogP) is 3.40. The molecule has 0 atom stereocenters. The van der Waals surface area contributed by atoms with Crippen molar-refractivity contribution in [2.45, 2.75) is 57.5 Å². The number of amides is 2. The number of hydrogen-bond donors (Lipinski definition) is 1. The summed E-state index contributed by atoms with van der Waals surface area (Å²) >= 11 is 0. The molecule has 2 aliphatic carbocycles. The van der Waals surface area contributed by atoms with E-state index in [1.54, 1.807) is 12.1 Å². The summed E-state index contributed by atoms with van der Waals surface area (Å²) in [6, 6.07) is 14.2. The fourth-order valence-corrected chi connectivity index (χ4v) is 3.95. The van der Waals surface area contributed by atoms with E-state index in [0.717, 1.165) is 30.4 Å². The third kappa shape index (κ3) is 4.21. The topological polar surface area (TPSA) is 63.4 Å². The number of nitrogens with zero attached hydrogens (tertiary/aromatic N) is 1. The number of aryl methyl sites for hydroxylation is 2. The van der Waals surface area contributed by atoms with Gasteiger partial charge in [0.1, 0.15) is 0 Å². The zero-order valence-electron chi connectivity index (χ0n) is 15.6. The monoisotopic (exact) mass is 362 g/mol. The van der Waals surface area contributed by atoms with E-state index in [4.69, 9.17) is 5.73 Å². The summed E-state index contributed by atoms with van der Waals surface area (Å²) in [7, 11) is 0. The number of benzene rings is 2. The third-order valence-electron chi connectivity index (χ3n) is 5.67. The average Bonchev–Trinajstić information content (AvgIpc) is 3.51. The molecule has 2 amide bonds. The average molecular weight is 362 g/mol. The van der Waals surface area contributed by atoms with Gasteiger partial charge in [0.25, 0.3) is 0 Å². The van der Waals surface area contributed by atoms with Crippen LogP contribution in [0.15, 0.2) is 42.5 Å². The zero-order valence-corrected chi connectivity index (χ0v) is 15.6. The first-order valence-electron chi connectivity index (χ1n) is 9.89. The Bertz CT molecular complexity index is 853. The third-order valence-corrected chi connectivity index (χ3v) is 5.67. The number of carbonyl (C=O) groups excluding carboxylic acids is 2. The normalized spacial score (nSPS) is 15.9. The van der Waals surface area contributed by atoms with E-state index >= 15 is 0 Å². The van der Waals surface area contributed by atoms with Gasteiger partial charge in [-0.2, -0.15) is 0 Å². The molecule has 2 aliphatic rings. The van der Waals surface area contributed by atoms with Gasteiger partial charge in [0.2, 0.25) is 11.8 Å². The Morgan fingerprint density at radius 1 is 0.926 bits per heavy atom. The lowest BCUT2D eigenvalue weighted by Crippen LogP contribution is -2.33. The van der Waals surface area contributed by atoms with Crippen LogP contribution in [0.2, 0.25) is 0 Å². The molecule has 4 rings (SSSR count). The predicted molar refractivity (Wildman–Crippen MR) is 105 cm³/mol. The van der Waals surface area contributed by atoms with Gasteiger partial charge in [-0.1, -0.05) is 30.3 Å². The molecule has 0 unspecified atom stereocenters. The minimum absolute atomic E-state index is 0.187. The number of rotatable bonds is 6. The molecule has 0 bridgehead atoms. The highest BCUT2D eigenvalue weighted by Gasteiger charge is 2.32. The van der Waals surface area contributed by atoms with Crippen LogP contribution in [0, 0.1) is 0 Å². The van der Waals surface area contributed by atoms with E-state index in [1.165, 1.54) is 30.4 Å². The molecule has 1 saturated carbocycles. The minimum Gasteiger partial charge on any atom is -0.366 e. The maximum Gasteiger partial charge on any atom is 0.248 e. The lowest BCUT2D eigenvalue weighted by molar-refractivity contribution is -0.131. The number of carbonyl (C=O) groups is 2. The van der Waals surface area contributed by atoms with E-state index in [-0.39, 0.29) is 5.91 Å². The molecule has 2 aromatic rings. The van der Waals surface area contributed by atoms with Crippen LogP contribution < -0.4 is 5.73 Å². The lowest BCUT2D eigenvalue weighted by atomic mass is 9.90. The first-order valence-corrected chi connectivity index (χ1v) is 9.89. The standard InChI is InChI=1S/C23H26N2O2/c24-23(27)19-9-5-16(6-10-19)15-25(21-11-12-21)22(26)14-17-7-8-18-3-1-2-4-20(18)13-17/h5-10,13,21H,1-4,11-12,14-15H2,(H2,24,27). The summed E-state index contributed by atoms with van der Waals surface area (Å²) in [5, 5.41) is 0.